The number of nitrogens with zero attached hydrogens (tertiary/aromatic N) is 2. The van der Waals surface area contributed by atoms with Crippen LogP contribution in [0.25, 0.3) is 0 Å². The van der Waals surface area contributed by atoms with Gasteiger partial charge in [0.1, 0.15) is 11.6 Å². The number of furan rings is 1. The van der Waals surface area contributed by atoms with Gasteiger partial charge in [-0.15, -0.1) is 0 Å². The van der Waals surface area contributed by atoms with Crippen molar-refractivity contribution in [2.45, 2.75) is 12.8 Å². The molecule has 1 saturated heterocycles. The van der Waals surface area contributed by atoms with Gasteiger partial charge in [0.05, 0.1) is 16.9 Å². The quantitative estimate of drug-likeness (QED) is 0.783. The summed E-state index contributed by atoms with van der Waals surface area (Å²) in [6, 6.07) is 8.18. The number of hydrogen-bond acceptors (Lipinski definition) is 3. The van der Waals surface area contributed by atoms with E-state index in [4.69, 9.17) is 16.0 Å². The number of hydrogen-bond donors (Lipinski definition) is 0. The van der Waals surface area contributed by atoms with Gasteiger partial charge in [0.25, 0.3) is 0 Å². The molecule has 1 aliphatic rings. The smallest absolute Gasteiger partial charge is 0.196 e. The van der Waals surface area contributed by atoms with E-state index in [0.29, 0.717) is 11.4 Å². The van der Waals surface area contributed by atoms with Gasteiger partial charge in [-0.3, -0.25) is 4.99 Å². The molecule has 1 aromatic carbocycles. The van der Waals surface area contributed by atoms with Gasteiger partial charge in [-0.25, -0.2) is 4.39 Å². The van der Waals surface area contributed by atoms with Crippen LogP contribution in [0.15, 0.2) is 39.7 Å². The van der Waals surface area contributed by atoms with Crippen LogP contribution in [0.5, 0.6) is 0 Å². The summed E-state index contributed by atoms with van der Waals surface area (Å²) in [5.41, 5.74) is 0.593. The van der Waals surface area contributed by atoms with Crippen LogP contribution in [0.2, 0.25) is 5.02 Å². The van der Waals surface area contributed by atoms with Crippen LogP contribution in [-0.4, -0.2) is 19.3 Å². The van der Waals surface area contributed by atoms with Gasteiger partial charge in [-0.2, -0.15) is 0 Å². The van der Waals surface area contributed by atoms with E-state index in [1.165, 1.54) is 25.0 Å². The molecule has 0 atom stereocenters. The SMILES string of the molecule is Fc1ccc(N=Cc2ccc(N3CCCC3)o2)cc1Cl. The Labute approximate surface area is 121 Å². The summed E-state index contributed by atoms with van der Waals surface area (Å²) < 4.78 is 18.7. The summed E-state index contributed by atoms with van der Waals surface area (Å²) in [4.78, 5) is 6.44. The van der Waals surface area contributed by atoms with Crippen molar-refractivity contribution < 1.29 is 8.81 Å². The molecule has 0 aliphatic carbocycles. The molecule has 2 aromatic rings. The molecule has 0 unspecified atom stereocenters. The summed E-state index contributed by atoms with van der Waals surface area (Å²) in [5, 5.41) is 0.0665. The molecule has 104 valence electrons. The Bertz CT molecular complexity index is 633. The second kappa shape index (κ2) is 5.67. The molecule has 2 heterocycles. The summed E-state index contributed by atoms with van der Waals surface area (Å²) in [5.74, 6) is 1.10. The minimum absolute atomic E-state index is 0.0665. The zero-order valence-corrected chi connectivity index (χ0v) is 11.6. The zero-order valence-electron chi connectivity index (χ0n) is 10.9. The first-order valence-corrected chi connectivity index (χ1v) is 6.94. The summed E-state index contributed by atoms with van der Waals surface area (Å²) in [7, 11) is 0. The fourth-order valence-corrected chi connectivity index (χ4v) is 2.40. The van der Waals surface area contributed by atoms with E-state index in [1.807, 2.05) is 12.1 Å². The maximum atomic E-state index is 13.0. The molecule has 0 bridgehead atoms. The molecular formula is C15H14ClFN2O. The Morgan fingerprint density at radius 2 is 2.00 bits per heavy atom. The zero-order chi connectivity index (χ0) is 13.9. The van der Waals surface area contributed by atoms with Crippen LogP contribution in [0.4, 0.5) is 16.0 Å². The predicted molar refractivity (Wildman–Crippen MR) is 78.8 cm³/mol. The van der Waals surface area contributed by atoms with Gasteiger partial charge in [0, 0.05) is 19.2 Å². The molecular weight excluding hydrogens is 279 g/mol. The third-order valence-electron chi connectivity index (χ3n) is 3.27. The van der Waals surface area contributed by atoms with Crippen molar-refractivity contribution in [3.8, 4) is 0 Å². The predicted octanol–water partition coefficient (Wildman–Crippen LogP) is 4.42. The Morgan fingerprint density at radius 3 is 2.75 bits per heavy atom. The van der Waals surface area contributed by atoms with Crippen LogP contribution >= 0.6 is 11.6 Å². The van der Waals surface area contributed by atoms with Gasteiger partial charge in [-0.05, 0) is 37.1 Å². The second-order valence-corrected chi connectivity index (χ2v) is 5.13. The average Bonchev–Trinajstić information content (AvgIpc) is 3.09. The molecule has 1 fully saturated rings. The van der Waals surface area contributed by atoms with E-state index in [1.54, 1.807) is 12.3 Å². The van der Waals surface area contributed by atoms with E-state index in [2.05, 4.69) is 9.89 Å². The van der Waals surface area contributed by atoms with Crippen LogP contribution in [0.3, 0.4) is 0 Å². The standard InChI is InChI=1S/C15H14ClFN2O/c16-13-9-11(3-5-14(13)17)18-10-12-4-6-15(20-12)19-7-1-2-8-19/h3-6,9-10H,1-2,7-8H2. The van der Waals surface area contributed by atoms with Gasteiger partial charge < -0.3 is 9.32 Å². The fraction of sp³-hybridized carbons (Fsp3) is 0.267. The first-order chi connectivity index (χ1) is 9.72. The first-order valence-electron chi connectivity index (χ1n) is 6.56. The van der Waals surface area contributed by atoms with Crippen molar-refractivity contribution >= 4 is 29.4 Å². The van der Waals surface area contributed by atoms with Crippen molar-refractivity contribution in [1.29, 1.82) is 0 Å². The highest BCUT2D eigenvalue weighted by atomic mass is 35.5. The number of anilines is 1. The molecule has 0 saturated carbocycles. The van der Waals surface area contributed by atoms with Crippen molar-refractivity contribution in [2.24, 2.45) is 4.99 Å². The van der Waals surface area contributed by atoms with Crippen molar-refractivity contribution in [3.63, 3.8) is 0 Å². The highest BCUT2D eigenvalue weighted by Gasteiger charge is 2.15. The van der Waals surface area contributed by atoms with E-state index < -0.39 is 5.82 Å². The average molecular weight is 293 g/mol. The maximum Gasteiger partial charge on any atom is 0.196 e. The van der Waals surface area contributed by atoms with Crippen LogP contribution in [-0.2, 0) is 0 Å². The van der Waals surface area contributed by atoms with Crippen LogP contribution in [0.1, 0.15) is 18.6 Å². The van der Waals surface area contributed by atoms with Crippen LogP contribution < -0.4 is 4.90 Å². The lowest BCUT2D eigenvalue weighted by molar-refractivity contribution is 0.550. The van der Waals surface area contributed by atoms with E-state index in [-0.39, 0.29) is 5.02 Å². The van der Waals surface area contributed by atoms with Gasteiger partial charge in [0.2, 0.25) is 0 Å². The van der Waals surface area contributed by atoms with Crippen molar-refractivity contribution in [1.82, 2.24) is 0 Å². The molecule has 3 nitrogen and oxygen atoms in total. The molecule has 3 rings (SSSR count). The lowest BCUT2D eigenvalue weighted by Crippen LogP contribution is -2.16. The fourth-order valence-electron chi connectivity index (χ4n) is 2.22. The summed E-state index contributed by atoms with van der Waals surface area (Å²) in [6.45, 7) is 2.08. The Hall–Kier alpha value is -1.81. The molecule has 0 N–H and O–H groups in total. The second-order valence-electron chi connectivity index (χ2n) is 4.73. The minimum Gasteiger partial charge on any atom is -0.440 e. The molecule has 0 amide bonds. The Balaban J connectivity index is 1.73. The Kier molecular flexibility index (Phi) is 3.74. The molecule has 0 radical (unpaired) electrons. The number of halogens is 2. The number of rotatable bonds is 3. The topological polar surface area (TPSA) is 28.7 Å². The van der Waals surface area contributed by atoms with E-state index in [0.717, 1.165) is 19.0 Å². The first kappa shape index (κ1) is 13.2. The molecule has 20 heavy (non-hydrogen) atoms. The van der Waals surface area contributed by atoms with Gasteiger partial charge >= 0.3 is 0 Å². The monoisotopic (exact) mass is 292 g/mol. The van der Waals surface area contributed by atoms with E-state index in [9.17, 15) is 4.39 Å². The Morgan fingerprint density at radius 1 is 1.20 bits per heavy atom. The maximum absolute atomic E-state index is 13.0. The van der Waals surface area contributed by atoms with Gasteiger partial charge in [0.15, 0.2) is 5.88 Å². The summed E-state index contributed by atoms with van der Waals surface area (Å²) >= 11 is 5.71. The number of aliphatic imine (C=N–C) groups is 1. The van der Waals surface area contributed by atoms with Crippen molar-refractivity contribution in [3.05, 3.63) is 46.9 Å². The number of benzene rings is 1. The summed E-state index contributed by atoms with van der Waals surface area (Å²) in [6.07, 6.45) is 4.03. The molecule has 1 aliphatic heterocycles. The largest absolute Gasteiger partial charge is 0.440 e. The highest BCUT2D eigenvalue weighted by molar-refractivity contribution is 6.31. The molecule has 1 aromatic heterocycles. The third-order valence-corrected chi connectivity index (χ3v) is 3.56. The van der Waals surface area contributed by atoms with Crippen LogP contribution in [0, 0.1) is 5.82 Å². The molecule has 5 heteroatoms. The van der Waals surface area contributed by atoms with Gasteiger partial charge in [-0.1, -0.05) is 11.6 Å². The highest BCUT2D eigenvalue weighted by Crippen LogP contribution is 2.24. The lowest BCUT2D eigenvalue weighted by Gasteiger charge is -2.12. The normalized spacial score (nSPS) is 15.4. The van der Waals surface area contributed by atoms with Crippen molar-refractivity contribution in [2.75, 3.05) is 18.0 Å². The minimum atomic E-state index is -0.445. The lowest BCUT2D eigenvalue weighted by atomic mass is 10.3. The third kappa shape index (κ3) is 2.85. The van der Waals surface area contributed by atoms with E-state index >= 15 is 0 Å². The molecule has 0 spiro atoms.